The van der Waals surface area contributed by atoms with Gasteiger partial charge >= 0.3 is 5.97 Å². The third kappa shape index (κ3) is 4.20. The van der Waals surface area contributed by atoms with Gasteiger partial charge in [-0.2, -0.15) is 0 Å². The quantitative estimate of drug-likeness (QED) is 0.727. The Morgan fingerprint density at radius 2 is 2.27 bits per heavy atom. The summed E-state index contributed by atoms with van der Waals surface area (Å²) in [5.41, 5.74) is 0. The number of hydrogen-bond acceptors (Lipinski definition) is 3. The van der Waals surface area contributed by atoms with Gasteiger partial charge in [0.05, 0.1) is 6.61 Å². The molecule has 0 aromatic heterocycles. The average Bonchev–Trinajstić information content (AvgIpc) is 2.18. The first-order valence-corrected chi connectivity index (χ1v) is 6.06. The van der Waals surface area contributed by atoms with Gasteiger partial charge in [0.15, 0.2) is 0 Å². The van der Waals surface area contributed by atoms with E-state index < -0.39 is 0 Å². The van der Waals surface area contributed by atoms with Gasteiger partial charge in [-0.05, 0) is 32.6 Å². The van der Waals surface area contributed by atoms with Crippen molar-refractivity contribution in [3.8, 4) is 0 Å². The largest absolute Gasteiger partial charge is 0.465 e. The summed E-state index contributed by atoms with van der Waals surface area (Å²) >= 11 is 0. The van der Waals surface area contributed by atoms with Crippen molar-refractivity contribution < 1.29 is 9.53 Å². The third-order valence-electron chi connectivity index (χ3n) is 3.06. The van der Waals surface area contributed by atoms with E-state index in [2.05, 4.69) is 12.2 Å². The zero-order valence-corrected chi connectivity index (χ0v) is 10.1. The maximum atomic E-state index is 11.4. The van der Waals surface area contributed by atoms with Gasteiger partial charge in [0.2, 0.25) is 0 Å². The molecule has 0 heterocycles. The van der Waals surface area contributed by atoms with Gasteiger partial charge < -0.3 is 10.1 Å². The number of ether oxygens (including phenoxy) is 1. The molecule has 3 atom stereocenters. The Morgan fingerprint density at radius 1 is 1.53 bits per heavy atom. The molecule has 0 aromatic carbocycles. The van der Waals surface area contributed by atoms with E-state index in [0.29, 0.717) is 12.6 Å². The lowest BCUT2D eigenvalue weighted by Gasteiger charge is -2.29. The number of rotatable bonds is 4. The van der Waals surface area contributed by atoms with Gasteiger partial charge in [-0.15, -0.1) is 0 Å². The van der Waals surface area contributed by atoms with Crippen LogP contribution in [-0.4, -0.2) is 24.7 Å². The topological polar surface area (TPSA) is 38.3 Å². The van der Waals surface area contributed by atoms with Crippen LogP contribution in [0.2, 0.25) is 0 Å². The Balaban J connectivity index is 2.30. The molecule has 3 unspecified atom stereocenters. The molecule has 0 spiro atoms. The van der Waals surface area contributed by atoms with Crippen LogP contribution in [-0.2, 0) is 9.53 Å². The maximum absolute atomic E-state index is 11.4. The summed E-state index contributed by atoms with van der Waals surface area (Å²) in [5, 5.41) is 3.36. The summed E-state index contributed by atoms with van der Waals surface area (Å²) in [6.45, 7) is 6.47. The Labute approximate surface area is 92.6 Å². The van der Waals surface area contributed by atoms with E-state index >= 15 is 0 Å². The fourth-order valence-electron chi connectivity index (χ4n) is 2.27. The van der Waals surface area contributed by atoms with Crippen molar-refractivity contribution in [2.24, 2.45) is 5.92 Å². The van der Waals surface area contributed by atoms with Crippen molar-refractivity contribution in [1.29, 1.82) is 0 Å². The summed E-state index contributed by atoms with van der Waals surface area (Å²) in [4.78, 5) is 11.4. The van der Waals surface area contributed by atoms with Crippen LogP contribution < -0.4 is 5.32 Å². The summed E-state index contributed by atoms with van der Waals surface area (Å²) in [5.74, 6) is 0.654. The minimum atomic E-state index is -0.166. The highest BCUT2D eigenvalue weighted by molar-refractivity contribution is 5.75. The molecule has 3 nitrogen and oxygen atoms in total. The van der Waals surface area contributed by atoms with Crippen LogP contribution in [0, 0.1) is 5.92 Å². The van der Waals surface area contributed by atoms with Gasteiger partial charge in [-0.25, -0.2) is 0 Å². The molecule has 1 N–H and O–H groups in total. The molecule has 0 aromatic rings. The average molecular weight is 213 g/mol. The molecule has 1 saturated carbocycles. The highest BCUT2D eigenvalue weighted by Crippen LogP contribution is 2.23. The van der Waals surface area contributed by atoms with E-state index in [-0.39, 0.29) is 12.0 Å². The second kappa shape index (κ2) is 6.11. The van der Waals surface area contributed by atoms with Gasteiger partial charge in [-0.3, -0.25) is 4.79 Å². The summed E-state index contributed by atoms with van der Waals surface area (Å²) < 4.78 is 4.97. The Kier molecular flexibility index (Phi) is 5.09. The number of hydrogen-bond donors (Lipinski definition) is 1. The molecule has 88 valence electrons. The molecule has 0 radical (unpaired) electrons. The van der Waals surface area contributed by atoms with Crippen LogP contribution >= 0.6 is 0 Å². The van der Waals surface area contributed by atoms with Crippen LogP contribution in [0.3, 0.4) is 0 Å². The Bertz CT molecular complexity index is 206. The lowest BCUT2D eigenvalue weighted by atomic mass is 9.87. The SMILES string of the molecule is CCOC(=O)C(C)NC1CCCC(C)C1. The first-order valence-electron chi connectivity index (χ1n) is 6.06. The predicted octanol–water partition coefficient (Wildman–Crippen LogP) is 2.11. The van der Waals surface area contributed by atoms with Crippen molar-refractivity contribution >= 4 is 5.97 Å². The minimum Gasteiger partial charge on any atom is -0.465 e. The molecule has 0 bridgehead atoms. The van der Waals surface area contributed by atoms with Crippen molar-refractivity contribution in [2.75, 3.05) is 6.61 Å². The van der Waals surface area contributed by atoms with Crippen LogP contribution in [0.15, 0.2) is 0 Å². The van der Waals surface area contributed by atoms with E-state index in [4.69, 9.17) is 4.74 Å². The number of esters is 1. The van der Waals surface area contributed by atoms with E-state index in [1.165, 1.54) is 25.7 Å². The van der Waals surface area contributed by atoms with Crippen molar-refractivity contribution in [3.05, 3.63) is 0 Å². The second-order valence-electron chi connectivity index (χ2n) is 4.61. The molecule has 0 saturated heterocycles. The molecule has 1 fully saturated rings. The van der Waals surface area contributed by atoms with Crippen LogP contribution in [0.4, 0.5) is 0 Å². The first-order chi connectivity index (χ1) is 7.13. The van der Waals surface area contributed by atoms with Crippen molar-refractivity contribution in [3.63, 3.8) is 0 Å². The monoisotopic (exact) mass is 213 g/mol. The maximum Gasteiger partial charge on any atom is 0.322 e. The predicted molar refractivity (Wildman–Crippen MR) is 60.7 cm³/mol. The fourth-order valence-corrected chi connectivity index (χ4v) is 2.27. The lowest BCUT2D eigenvalue weighted by Crippen LogP contribution is -2.44. The number of carbonyl (C=O) groups excluding carboxylic acids is 1. The Morgan fingerprint density at radius 3 is 2.87 bits per heavy atom. The Hall–Kier alpha value is -0.570. The third-order valence-corrected chi connectivity index (χ3v) is 3.06. The smallest absolute Gasteiger partial charge is 0.322 e. The van der Waals surface area contributed by atoms with Gasteiger partial charge in [0.25, 0.3) is 0 Å². The molecular weight excluding hydrogens is 190 g/mol. The fraction of sp³-hybridized carbons (Fsp3) is 0.917. The van der Waals surface area contributed by atoms with E-state index in [9.17, 15) is 4.79 Å². The molecule has 3 heteroatoms. The molecule has 1 aliphatic carbocycles. The molecule has 15 heavy (non-hydrogen) atoms. The lowest BCUT2D eigenvalue weighted by molar-refractivity contribution is -0.145. The van der Waals surface area contributed by atoms with Gasteiger partial charge in [0.1, 0.15) is 6.04 Å². The first kappa shape index (κ1) is 12.5. The van der Waals surface area contributed by atoms with E-state index in [1.54, 1.807) is 0 Å². The van der Waals surface area contributed by atoms with Gasteiger partial charge in [0, 0.05) is 6.04 Å². The summed E-state index contributed by atoms with van der Waals surface area (Å²) in [6.07, 6.45) is 4.97. The van der Waals surface area contributed by atoms with E-state index in [0.717, 1.165) is 5.92 Å². The molecule has 0 aliphatic heterocycles. The molecule has 0 amide bonds. The molecule has 1 aliphatic rings. The van der Waals surface area contributed by atoms with Crippen molar-refractivity contribution in [1.82, 2.24) is 5.32 Å². The van der Waals surface area contributed by atoms with Crippen LogP contribution in [0.5, 0.6) is 0 Å². The summed E-state index contributed by atoms with van der Waals surface area (Å²) in [7, 11) is 0. The standard InChI is InChI=1S/C12H23NO2/c1-4-15-12(14)10(3)13-11-7-5-6-9(2)8-11/h9-11,13H,4-8H2,1-3H3. The minimum absolute atomic E-state index is 0.129. The zero-order valence-electron chi connectivity index (χ0n) is 10.1. The van der Waals surface area contributed by atoms with Crippen molar-refractivity contribution in [2.45, 2.75) is 58.5 Å². The van der Waals surface area contributed by atoms with E-state index in [1.807, 2.05) is 13.8 Å². The highest BCUT2D eigenvalue weighted by Gasteiger charge is 2.23. The molecular formula is C12H23NO2. The van der Waals surface area contributed by atoms with Gasteiger partial charge in [-0.1, -0.05) is 19.8 Å². The highest BCUT2D eigenvalue weighted by atomic mass is 16.5. The molecule has 1 rings (SSSR count). The van der Waals surface area contributed by atoms with Crippen LogP contribution in [0.25, 0.3) is 0 Å². The zero-order chi connectivity index (χ0) is 11.3. The summed E-state index contributed by atoms with van der Waals surface area (Å²) in [6, 6.07) is 0.327. The normalized spacial score (nSPS) is 28.5. The van der Waals surface area contributed by atoms with Crippen LogP contribution in [0.1, 0.15) is 46.5 Å². The number of nitrogens with one attached hydrogen (secondary N) is 1. The number of carbonyl (C=O) groups is 1. The second-order valence-corrected chi connectivity index (χ2v) is 4.61.